The summed E-state index contributed by atoms with van der Waals surface area (Å²) in [7, 11) is 0. The van der Waals surface area contributed by atoms with Gasteiger partial charge in [0, 0.05) is 31.7 Å². The zero-order valence-corrected chi connectivity index (χ0v) is 17.4. The van der Waals surface area contributed by atoms with E-state index in [-0.39, 0.29) is 0 Å². The number of piperazine rings is 1. The summed E-state index contributed by atoms with van der Waals surface area (Å²) in [5, 5.41) is 5.64. The van der Waals surface area contributed by atoms with Gasteiger partial charge in [-0.3, -0.25) is 4.90 Å². The number of hydrogen-bond acceptors (Lipinski definition) is 5. The van der Waals surface area contributed by atoms with E-state index in [0.29, 0.717) is 6.04 Å². The highest BCUT2D eigenvalue weighted by atomic mass is 15.3. The van der Waals surface area contributed by atoms with Crippen LogP contribution in [0.1, 0.15) is 39.5 Å². The summed E-state index contributed by atoms with van der Waals surface area (Å²) in [4.78, 5) is 14.4. The molecule has 0 radical (unpaired) electrons. The Labute approximate surface area is 172 Å². The largest absolute Gasteiger partial charge is 0.353 e. The Morgan fingerprint density at radius 1 is 1.00 bits per heavy atom. The summed E-state index contributed by atoms with van der Waals surface area (Å²) >= 11 is 0. The van der Waals surface area contributed by atoms with E-state index in [9.17, 15) is 0 Å². The molecule has 0 unspecified atom stereocenters. The molecule has 3 aromatic rings. The lowest BCUT2D eigenvalue weighted by molar-refractivity contribution is 0.0862. The molecule has 2 fully saturated rings. The molecule has 1 aliphatic carbocycles. The van der Waals surface area contributed by atoms with Gasteiger partial charge in [0.15, 0.2) is 5.65 Å². The highest BCUT2D eigenvalue weighted by Gasteiger charge is 2.32. The third kappa shape index (κ3) is 3.50. The molecule has 0 spiro atoms. The van der Waals surface area contributed by atoms with Crippen LogP contribution in [0.3, 0.4) is 0 Å². The molecule has 29 heavy (non-hydrogen) atoms. The molecule has 3 atom stereocenters. The maximum Gasteiger partial charge on any atom is 0.168 e. The molecule has 5 rings (SSSR count). The minimum Gasteiger partial charge on any atom is -0.353 e. The molecular formula is C23H30N6. The maximum atomic E-state index is 4.66. The van der Waals surface area contributed by atoms with Gasteiger partial charge in [-0.15, -0.1) is 0 Å². The van der Waals surface area contributed by atoms with Crippen LogP contribution in [0.4, 0.5) is 5.82 Å². The first-order chi connectivity index (χ1) is 14.2. The number of fused-ring (bicyclic) bond motifs is 1. The minimum absolute atomic E-state index is 0.535. The Kier molecular flexibility index (Phi) is 4.96. The second-order valence-electron chi connectivity index (χ2n) is 8.78. The van der Waals surface area contributed by atoms with E-state index in [0.717, 1.165) is 54.1 Å². The van der Waals surface area contributed by atoms with Crippen molar-refractivity contribution in [1.29, 1.82) is 0 Å². The zero-order chi connectivity index (χ0) is 19.8. The van der Waals surface area contributed by atoms with Crippen LogP contribution in [0.5, 0.6) is 0 Å². The zero-order valence-electron chi connectivity index (χ0n) is 17.4. The summed E-state index contributed by atoms with van der Waals surface area (Å²) in [6, 6.07) is 11.5. The van der Waals surface area contributed by atoms with Crippen molar-refractivity contribution in [2.24, 2.45) is 5.92 Å². The van der Waals surface area contributed by atoms with E-state index in [1.165, 1.54) is 25.7 Å². The first-order valence-corrected chi connectivity index (χ1v) is 11.0. The van der Waals surface area contributed by atoms with Crippen molar-refractivity contribution in [3.8, 4) is 5.69 Å². The highest BCUT2D eigenvalue weighted by molar-refractivity contribution is 5.87. The number of benzene rings is 1. The van der Waals surface area contributed by atoms with Crippen molar-refractivity contribution in [2.45, 2.75) is 51.6 Å². The van der Waals surface area contributed by atoms with Crippen LogP contribution in [0, 0.1) is 5.92 Å². The van der Waals surface area contributed by atoms with Gasteiger partial charge >= 0.3 is 0 Å². The van der Waals surface area contributed by atoms with Gasteiger partial charge in [-0.25, -0.2) is 14.6 Å². The number of rotatable bonds is 3. The molecule has 0 amide bonds. The first-order valence-electron chi connectivity index (χ1n) is 11.0. The van der Waals surface area contributed by atoms with Crippen LogP contribution in [-0.2, 0) is 0 Å². The van der Waals surface area contributed by atoms with Crippen molar-refractivity contribution in [3.63, 3.8) is 0 Å². The molecule has 2 aromatic heterocycles. The summed E-state index contributed by atoms with van der Waals surface area (Å²) < 4.78 is 1.91. The smallest absolute Gasteiger partial charge is 0.168 e. The van der Waals surface area contributed by atoms with Crippen LogP contribution in [-0.4, -0.2) is 56.4 Å². The van der Waals surface area contributed by atoms with Gasteiger partial charge in [-0.1, -0.05) is 38.0 Å². The number of nitrogens with zero attached hydrogens (tertiary/aromatic N) is 6. The predicted octanol–water partition coefficient (Wildman–Crippen LogP) is 3.90. The Morgan fingerprint density at radius 3 is 2.66 bits per heavy atom. The molecule has 3 heterocycles. The first kappa shape index (κ1) is 18.6. The Bertz CT molecular complexity index is 968. The molecule has 1 aliphatic heterocycles. The topological polar surface area (TPSA) is 50.1 Å². The summed E-state index contributed by atoms with van der Waals surface area (Å²) in [6.45, 7) is 7.91. The summed E-state index contributed by atoms with van der Waals surface area (Å²) in [6.07, 6.45) is 9.08. The standard InChI is InChI=1S/C23H30N6/c1-17-7-6-10-20(13-17)28-12-11-27(15-18(28)2)22-21-14-26-29(23(21)25-16-24-22)19-8-4-3-5-9-19/h3-5,8-9,14,16-18,20H,6-7,10-13,15H2,1-2H3/t17-,18-,20+/m1/s1. The second-order valence-corrected chi connectivity index (χ2v) is 8.78. The van der Waals surface area contributed by atoms with Gasteiger partial charge in [0.05, 0.1) is 17.3 Å². The lowest BCUT2D eigenvalue weighted by Gasteiger charge is -2.46. The average molecular weight is 391 g/mol. The molecule has 6 heteroatoms. The van der Waals surface area contributed by atoms with Gasteiger partial charge < -0.3 is 4.90 Å². The fourth-order valence-electron chi connectivity index (χ4n) is 5.25. The van der Waals surface area contributed by atoms with Gasteiger partial charge in [-0.05, 0) is 37.8 Å². The van der Waals surface area contributed by atoms with E-state index >= 15 is 0 Å². The third-order valence-corrected chi connectivity index (χ3v) is 6.70. The lowest BCUT2D eigenvalue weighted by Crippen LogP contribution is -2.56. The normalized spacial score (nSPS) is 26.1. The van der Waals surface area contributed by atoms with Crippen LogP contribution >= 0.6 is 0 Å². The van der Waals surface area contributed by atoms with Gasteiger partial charge in [0.1, 0.15) is 12.1 Å². The molecule has 0 N–H and O–H groups in total. The quantitative estimate of drug-likeness (QED) is 0.679. The van der Waals surface area contributed by atoms with E-state index in [1.807, 2.05) is 29.1 Å². The van der Waals surface area contributed by atoms with Crippen LogP contribution in [0.15, 0.2) is 42.9 Å². The Hall–Kier alpha value is -2.47. The second kappa shape index (κ2) is 7.75. The number of hydrogen-bond donors (Lipinski definition) is 0. The molecule has 1 saturated carbocycles. The lowest BCUT2D eigenvalue weighted by atomic mass is 9.85. The van der Waals surface area contributed by atoms with E-state index in [2.05, 4.69) is 50.8 Å². The molecule has 0 bridgehead atoms. The SMILES string of the molecule is C[C@@H]1CCC[C@H](N2CCN(c3ncnc4c3cnn4-c3ccccc3)C[C@H]2C)C1. The molecule has 1 aromatic carbocycles. The highest BCUT2D eigenvalue weighted by Crippen LogP contribution is 2.31. The van der Waals surface area contributed by atoms with Gasteiger partial charge in [0.25, 0.3) is 0 Å². The maximum absolute atomic E-state index is 4.66. The van der Waals surface area contributed by atoms with E-state index in [1.54, 1.807) is 6.33 Å². The molecule has 6 nitrogen and oxygen atoms in total. The van der Waals surface area contributed by atoms with Crippen LogP contribution in [0.25, 0.3) is 16.7 Å². The number of para-hydroxylation sites is 1. The number of aromatic nitrogens is 4. The fourth-order valence-corrected chi connectivity index (χ4v) is 5.25. The molecule has 1 saturated heterocycles. The van der Waals surface area contributed by atoms with Crippen molar-refractivity contribution in [1.82, 2.24) is 24.6 Å². The fraction of sp³-hybridized carbons (Fsp3) is 0.522. The Balaban J connectivity index is 1.39. The molecule has 2 aliphatic rings. The predicted molar refractivity (Wildman–Crippen MR) is 116 cm³/mol. The minimum atomic E-state index is 0.535. The van der Waals surface area contributed by atoms with Gasteiger partial charge in [0.2, 0.25) is 0 Å². The monoisotopic (exact) mass is 390 g/mol. The number of anilines is 1. The van der Waals surface area contributed by atoms with E-state index < -0.39 is 0 Å². The van der Waals surface area contributed by atoms with Gasteiger partial charge in [-0.2, -0.15) is 5.10 Å². The van der Waals surface area contributed by atoms with Crippen LogP contribution in [0.2, 0.25) is 0 Å². The Morgan fingerprint density at radius 2 is 1.86 bits per heavy atom. The van der Waals surface area contributed by atoms with Crippen molar-refractivity contribution >= 4 is 16.9 Å². The summed E-state index contributed by atoms with van der Waals surface area (Å²) in [5.41, 5.74) is 1.90. The summed E-state index contributed by atoms with van der Waals surface area (Å²) in [5.74, 6) is 1.88. The van der Waals surface area contributed by atoms with Crippen molar-refractivity contribution < 1.29 is 0 Å². The third-order valence-electron chi connectivity index (χ3n) is 6.70. The van der Waals surface area contributed by atoms with Crippen molar-refractivity contribution in [2.75, 3.05) is 24.5 Å². The van der Waals surface area contributed by atoms with E-state index in [4.69, 9.17) is 0 Å². The van der Waals surface area contributed by atoms with Crippen LogP contribution < -0.4 is 4.90 Å². The average Bonchev–Trinajstić information content (AvgIpc) is 3.18. The molecular weight excluding hydrogens is 360 g/mol. The molecule has 152 valence electrons. The van der Waals surface area contributed by atoms with Crippen molar-refractivity contribution in [3.05, 3.63) is 42.9 Å².